The van der Waals surface area contributed by atoms with Gasteiger partial charge in [0.25, 0.3) is 0 Å². The number of rotatable bonds is 4. The summed E-state index contributed by atoms with van der Waals surface area (Å²) < 4.78 is 33.9. The van der Waals surface area contributed by atoms with Crippen LogP contribution in [0.5, 0.6) is 0 Å². The summed E-state index contributed by atoms with van der Waals surface area (Å²) in [6.07, 6.45) is 3.41. The van der Waals surface area contributed by atoms with Crippen LogP contribution in [0.3, 0.4) is 0 Å². The first-order chi connectivity index (χ1) is 10.2. The smallest absolute Gasteiger partial charge is 0.176 e. The Labute approximate surface area is 120 Å². The summed E-state index contributed by atoms with van der Waals surface area (Å²) in [5.41, 5.74) is -0.143. The molecular formula is C13H15F2N5O. The fraction of sp³-hybridized carbons (Fsp3) is 0.462. The van der Waals surface area contributed by atoms with Crippen molar-refractivity contribution in [3.8, 4) is 0 Å². The average molecular weight is 295 g/mol. The number of methoxy groups -OCH3 is 1. The third-order valence-electron chi connectivity index (χ3n) is 3.38. The highest BCUT2D eigenvalue weighted by Crippen LogP contribution is 2.22. The minimum absolute atomic E-state index is 0.110. The highest BCUT2D eigenvalue weighted by Gasteiger charge is 2.23. The van der Waals surface area contributed by atoms with Crippen molar-refractivity contribution in [2.75, 3.05) is 12.4 Å². The quantitative estimate of drug-likeness (QED) is 0.926. The van der Waals surface area contributed by atoms with E-state index in [-0.39, 0.29) is 11.7 Å². The third kappa shape index (κ3) is 2.85. The number of anilines is 1. The Morgan fingerprint density at radius 3 is 2.86 bits per heavy atom. The average Bonchev–Trinajstić information content (AvgIpc) is 2.85. The number of nitrogens with zero attached hydrogens (tertiary/aromatic N) is 4. The third-order valence-corrected chi connectivity index (χ3v) is 3.38. The molecule has 1 N–H and O–H groups in total. The van der Waals surface area contributed by atoms with Crippen molar-refractivity contribution in [1.29, 1.82) is 0 Å². The lowest BCUT2D eigenvalue weighted by molar-refractivity contribution is 0.177. The lowest BCUT2D eigenvalue weighted by Gasteiger charge is -2.24. The van der Waals surface area contributed by atoms with Crippen LogP contribution in [0.2, 0.25) is 0 Å². The van der Waals surface area contributed by atoms with Crippen LogP contribution in [0.4, 0.5) is 14.5 Å². The Kier molecular flexibility index (Phi) is 3.78. The van der Waals surface area contributed by atoms with E-state index in [0.717, 1.165) is 24.6 Å². The lowest BCUT2D eigenvalue weighted by Crippen LogP contribution is -2.32. The van der Waals surface area contributed by atoms with E-state index in [0.29, 0.717) is 25.4 Å². The lowest BCUT2D eigenvalue weighted by atomic mass is 10.1. The fourth-order valence-corrected chi connectivity index (χ4v) is 2.42. The van der Waals surface area contributed by atoms with Gasteiger partial charge < -0.3 is 10.1 Å². The van der Waals surface area contributed by atoms with Crippen LogP contribution in [0.1, 0.15) is 18.1 Å². The van der Waals surface area contributed by atoms with Crippen molar-refractivity contribution in [3.05, 3.63) is 35.7 Å². The zero-order chi connectivity index (χ0) is 14.8. The van der Waals surface area contributed by atoms with E-state index in [2.05, 4.69) is 20.4 Å². The Hall–Kier alpha value is -2.09. The van der Waals surface area contributed by atoms with Gasteiger partial charge in [-0.3, -0.25) is 4.98 Å². The highest BCUT2D eigenvalue weighted by molar-refractivity contribution is 5.45. The number of hydrogen-bond donors (Lipinski definition) is 1. The Morgan fingerprint density at radius 2 is 2.14 bits per heavy atom. The molecule has 2 aromatic heterocycles. The van der Waals surface area contributed by atoms with Crippen molar-refractivity contribution < 1.29 is 13.5 Å². The number of nitrogens with one attached hydrogen (secondary N) is 1. The first kappa shape index (κ1) is 13.9. The maximum Gasteiger partial charge on any atom is 0.176 e. The van der Waals surface area contributed by atoms with Gasteiger partial charge in [0.15, 0.2) is 17.5 Å². The van der Waals surface area contributed by atoms with Gasteiger partial charge in [-0.2, -0.15) is 5.10 Å². The van der Waals surface area contributed by atoms with E-state index in [1.807, 2.05) is 0 Å². The number of hydrogen-bond acceptors (Lipinski definition) is 5. The van der Waals surface area contributed by atoms with Gasteiger partial charge in [0.2, 0.25) is 0 Å². The zero-order valence-electron chi connectivity index (χ0n) is 11.5. The van der Waals surface area contributed by atoms with E-state index >= 15 is 0 Å². The van der Waals surface area contributed by atoms with Gasteiger partial charge in [-0.25, -0.2) is 18.4 Å². The van der Waals surface area contributed by atoms with Crippen LogP contribution in [0.15, 0.2) is 12.4 Å². The molecule has 1 aliphatic heterocycles. The topological polar surface area (TPSA) is 64.9 Å². The SMILES string of the molecule is COCc1nc2n(n1)CC(Nc1c(F)cncc1F)CC2. The predicted octanol–water partition coefficient (Wildman–Crippen LogP) is 1.52. The second-order valence-corrected chi connectivity index (χ2v) is 4.92. The molecule has 1 unspecified atom stereocenters. The minimum atomic E-state index is -0.695. The Balaban J connectivity index is 1.74. The second-order valence-electron chi connectivity index (χ2n) is 4.92. The molecule has 6 nitrogen and oxygen atoms in total. The molecule has 0 radical (unpaired) electrons. The van der Waals surface area contributed by atoms with E-state index in [1.165, 1.54) is 0 Å². The van der Waals surface area contributed by atoms with Crippen LogP contribution in [-0.4, -0.2) is 32.9 Å². The van der Waals surface area contributed by atoms with Gasteiger partial charge in [0, 0.05) is 19.6 Å². The second kappa shape index (κ2) is 5.72. The normalized spacial score (nSPS) is 17.6. The van der Waals surface area contributed by atoms with E-state index in [9.17, 15) is 8.78 Å². The number of ether oxygens (including phenoxy) is 1. The molecule has 0 saturated heterocycles. The Morgan fingerprint density at radius 1 is 1.38 bits per heavy atom. The van der Waals surface area contributed by atoms with Gasteiger partial charge in [0.05, 0.1) is 18.9 Å². The van der Waals surface area contributed by atoms with Gasteiger partial charge >= 0.3 is 0 Å². The molecule has 8 heteroatoms. The van der Waals surface area contributed by atoms with Crippen LogP contribution in [0, 0.1) is 11.6 Å². The monoisotopic (exact) mass is 295 g/mol. The molecule has 0 amide bonds. The minimum Gasteiger partial charge on any atom is -0.377 e. The Bertz CT molecular complexity index is 625. The zero-order valence-corrected chi connectivity index (χ0v) is 11.5. The molecule has 0 fully saturated rings. The first-order valence-corrected chi connectivity index (χ1v) is 6.64. The van der Waals surface area contributed by atoms with Crippen molar-refractivity contribution in [3.63, 3.8) is 0 Å². The fourth-order valence-electron chi connectivity index (χ4n) is 2.42. The number of aromatic nitrogens is 4. The summed E-state index contributed by atoms with van der Waals surface area (Å²) >= 11 is 0. The summed E-state index contributed by atoms with van der Waals surface area (Å²) in [6.45, 7) is 0.860. The maximum atomic E-state index is 13.6. The molecule has 0 spiro atoms. The molecule has 0 aliphatic carbocycles. The number of halogens is 2. The molecule has 0 bridgehead atoms. The predicted molar refractivity (Wildman–Crippen MR) is 70.6 cm³/mol. The number of aryl methyl sites for hydroxylation is 1. The highest BCUT2D eigenvalue weighted by atomic mass is 19.1. The van der Waals surface area contributed by atoms with E-state index < -0.39 is 11.6 Å². The van der Waals surface area contributed by atoms with Gasteiger partial charge in [-0.15, -0.1) is 0 Å². The largest absolute Gasteiger partial charge is 0.377 e. The molecule has 112 valence electrons. The van der Waals surface area contributed by atoms with Gasteiger partial charge in [0.1, 0.15) is 18.1 Å². The summed E-state index contributed by atoms with van der Waals surface area (Å²) in [6, 6.07) is -0.110. The van der Waals surface area contributed by atoms with Crippen LogP contribution in [0.25, 0.3) is 0 Å². The maximum absolute atomic E-state index is 13.6. The number of fused-ring (bicyclic) bond motifs is 1. The van der Waals surface area contributed by atoms with Crippen LogP contribution in [-0.2, 0) is 24.3 Å². The van der Waals surface area contributed by atoms with Crippen molar-refractivity contribution in [1.82, 2.24) is 19.7 Å². The molecule has 0 saturated carbocycles. The van der Waals surface area contributed by atoms with Crippen molar-refractivity contribution >= 4 is 5.69 Å². The summed E-state index contributed by atoms with van der Waals surface area (Å²) in [5.74, 6) is 0.101. The van der Waals surface area contributed by atoms with Crippen molar-refractivity contribution in [2.24, 2.45) is 0 Å². The summed E-state index contributed by atoms with van der Waals surface area (Å²) in [5, 5.41) is 7.21. The molecule has 2 aromatic rings. The van der Waals surface area contributed by atoms with Gasteiger partial charge in [-0.1, -0.05) is 0 Å². The standard InChI is InChI=1S/C13H15F2N5O/c1-21-7-11-18-12-3-2-8(6-20(12)19-11)17-13-9(14)4-16-5-10(13)15/h4-5,8H,2-3,6-7H2,1H3,(H,16,17). The molecule has 0 aromatic carbocycles. The molecule has 3 heterocycles. The van der Waals surface area contributed by atoms with Crippen molar-refractivity contribution in [2.45, 2.75) is 32.0 Å². The molecular weight excluding hydrogens is 280 g/mol. The summed E-state index contributed by atoms with van der Waals surface area (Å²) in [7, 11) is 1.58. The molecule has 1 atom stereocenters. The van der Waals surface area contributed by atoms with E-state index in [1.54, 1.807) is 11.8 Å². The molecule has 1 aliphatic rings. The van der Waals surface area contributed by atoms with Crippen LogP contribution < -0.4 is 5.32 Å². The van der Waals surface area contributed by atoms with Crippen LogP contribution >= 0.6 is 0 Å². The summed E-state index contributed by atoms with van der Waals surface area (Å²) in [4.78, 5) is 7.82. The number of pyridine rings is 1. The van der Waals surface area contributed by atoms with E-state index in [4.69, 9.17) is 4.74 Å². The van der Waals surface area contributed by atoms with Gasteiger partial charge in [-0.05, 0) is 6.42 Å². The first-order valence-electron chi connectivity index (χ1n) is 6.64. The molecule has 21 heavy (non-hydrogen) atoms. The molecule has 3 rings (SSSR count).